The van der Waals surface area contributed by atoms with Gasteiger partial charge in [0.15, 0.2) is 0 Å². The number of ether oxygens (including phenoxy) is 1. The van der Waals surface area contributed by atoms with E-state index in [1.807, 2.05) is 0 Å². The highest BCUT2D eigenvalue weighted by Gasteiger charge is 2.23. The molecule has 0 aromatic carbocycles. The standard InChI is InChI=1S/C10H18N2O2/c13-10(11-6-9-7-14-9)12-8-4-2-1-3-5-8/h8-9H,1-7H2,(H2,11,12,13). The summed E-state index contributed by atoms with van der Waals surface area (Å²) in [5.74, 6) is 0. The summed E-state index contributed by atoms with van der Waals surface area (Å²) in [6, 6.07) is 0.358. The largest absolute Gasteiger partial charge is 0.371 e. The van der Waals surface area contributed by atoms with Crippen molar-refractivity contribution in [2.45, 2.75) is 44.2 Å². The SMILES string of the molecule is O=C(NCC1CO1)NC1CCCCC1. The molecule has 1 heterocycles. The van der Waals surface area contributed by atoms with Crippen molar-refractivity contribution in [3.8, 4) is 0 Å². The molecule has 2 fully saturated rings. The Morgan fingerprint density at radius 1 is 1.29 bits per heavy atom. The van der Waals surface area contributed by atoms with Gasteiger partial charge in [0.25, 0.3) is 0 Å². The molecule has 0 bridgehead atoms. The second-order valence-electron chi connectivity index (χ2n) is 4.14. The van der Waals surface area contributed by atoms with Crippen molar-refractivity contribution in [1.29, 1.82) is 0 Å². The number of hydrogen-bond donors (Lipinski definition) is 2. The molecule has 4 heteroatoms. The average Bonchev–Trinajstić information content (AvgIpc) is 3.00. The normalized spacial score (nSPS) is 27.0. The molecule has 2 N–H and O–H groups in total. The van der Waals surface area contributed by atoms with Crippen LogP contribution in [-0.4, -0.2) is 31.3 Å². The van der Waals surface area contributed by atoms with Crippen LogP contribution in [0.3, 0.4) is 0 Å². The number of carbonyl (C=O) groups excluding carboxylic acids is 1. The Morgan fingerprint density at radius 2 is 2.00 bits per heavy atom. The fourth-order valence-corrected chi connectivity index (χ4v) is 1.88. The van der Waals surface area contributed by atoms with E-state index in [0.29, 0.717) is 12.6 Å². The zero-order chi connectivity index (χ0) is 9.80. The molecule has 0 aromatic rings. The third kappa shape index (κ3) is 3.18. The Labute approximate surface area is 84.4 Å². The fraction of sp³-hybridized carbons (Fsp3) is 0.900. The summed E-state index contributed by atoms with van der Waals surface area (Å²) in [6.45, 7) is 1.45. The molecule has 0 radical (unpaired) electrons. The number of rotatable bonds is 3. The second-order valence-corrected chi connectivity index (χ2v) is 4.14. The van der Waals surface area contributed by atoms with E-state index in [4.69, 9.17) is 4.74 Å². The van der Waals surface area contributed by atoms with Crippen molar-refractivity contribution in [2.24, 2.45) is 0 Å². The summed E-state index contributed by atoms with van der Waals surface area (Å²) in [5, 5.41) is 5.81. The van der Waals surface area contributed by atoms with Gasteiger partial charge in [0.2, 0.25) is 0 Å². The van der Waals surface area contributed by atoms with E-state index in [0.717, 1.165) is 19.4 Å². The second kappa shape index (κ2) is 4.64. The first kappa shape index (κ1) is 9.77. The Bertz CT molecular complexity index is 198. The number of carbonyl (C=O) groups is 1. The number of urea groups is 1. The molecule has 0 aromatic heterocycles. The van der Waals surface area contributed by atoms with Crippen LogP contribution in [0.5, 0.6) is 0 Å². The molecule has 1 saturated carbocycles. The van der Waals surface area contributed by atoms with Crippen molar-refractivity contribution in [2.75, 3.05) is 13.2 Å². The predicted octanol–water partition coefficient (Wildman–Crippen LogP) is 1.02. The Morgan fingerprint density at radius 3 is 2.64 bits per heavy atom. The van der Waals surface area contributed by atoms with Gasteiger partial charge in [0, 0.05) is 12.6 Å². The van der Waals surface area contributed by atoms with E-state index in [1.165, 1.54) is 19.3 Å². The zero-order valence-corrected chi connectivity index (χ0v) is 8.42. The van der Waals surface area contributed by atoms with Crippen LogP contribution in [0.25, 0.3) is 0 Å². The maximum atomic E-state index is 11.4. The molecule has 4 nitrogen and oxygen atoms in total. The van der Waals surface area contributed by atoms with Gasteiger partial charge < -0.3 is 15.4 Å². The maximum absolute atomic E-state index is 11.4. The van der Waals surface area contributed by atoms with E-state index in [2.05, 4.69) is 10.6 Å². The molecule has 1 aliphatic carbocycles. The molecule has 80 valence electrons. The number of amides is 2. The summed E-state index contributed by atoms with van der Waals surface area (Å²) >= 11 is 0. The van der Waals surface area contributed by atoms with Gasteiger partial charge in [-0.1, -0.05) is 19.3 Å². The molecule has 2 rings (SSSR count). The summed E-state index contributed by atoms with van der Waals surface area (Å²) in [4.78, 5) is 11.4. The third-order valence-corrected chi connectivity index (χ3v) is 2.83. The minimum Gasteiger partial charge on any atom is -0.371 e. The Hall–Kier alpha value is -0.770. The van der Waals surface area contributed by atoms with E-state index in [9.17, 15) is 4.79 Å². The third-order valence-electron chi connectivity index (χ3n) is 2.83. The lowest BCUT2D eigenvalue weighted by atomic mass is 9.96. The lowest BCUT2D eigenvalue weighted by Crippen LogP contribution is -2.43. The van der Waals surface area contributed by atoms with Gasteiger partial charge >= 0.3 is 6.03 Å². The molecular weight excluding hydrogens is 180 g/mol. The van der Waals surface area contributed by atoms with Crippen LogP contribution in [-0.2, 0) is 4.74 Å². The van der Waals surface area contributed by atoms with E-state index >= 15 is 0 Å². The van der Waals surface area contributed by atoms with Gasteiger partial charge in [-0.3, -0.25) is 0 Å². The fourth-order valence-electron chi connectivity index (χ4n) is 1.88. The minimum absolute atomic E-state index is 0.0348. The van der Waals surface area contributed by atoms with Crippen molar-refractivity contribution >= 4 is 6.03 Å². The van der Waals surface area contributed by atoms with Gasteiger partial charge in [-0.25, -0.2) is 4.79 Å². The van der Waals surface area contributed by atoms with Gasteiger partial charge in [0.05, 0.1) is 12.7 Å². The van der Waals surface area contributed by atoms with E-state index in [-0.39, 0.29) is 12.1 Å². The summed E-state index contributed by atoms with van der Waals surface area (Å²) in [7, 11) is 0. The van der Waals surface area contributed by atoms with Crippen molar-refractivity contribution in [1.82, 2.24) is 10.6 Å². The van der Waals surface area contributed by atoms with Crippen molar-refractivity contribution in [3.05, 3.63) is 0 Å². The van der Waals surface area contributed by atoms with Crippen molar-refractivity contribution in [3.63, 3.8) is 0 Å². The maximum Gasteiger partial charge on any atom is 0.315 e. The molecule has 2 aliphatic rings. The monoisotopic (exact) mass is 198 g/mol. The first-order valence-corrected chi connectivity index (χ1v) is 5.50. The number of epoxide rings is 1. The Balaban J connectivity index is 1.59. The average molecular weight is 198 g/mol. The summed E-state index contributed by atoms with van der Waals surface area (Å²) in [6.07, 6.45) is 6.34. The molecule has 1 atom stereocenters. The van der Waals surface area contributed by atoms with E-state index in [1.54, 1.807) is 0 Å². The lowest BCUT2D eigenvalue weighted by molar-refractivity contribution is 0.231. The van der Waals surface area contributed by atoms with Crippen LogP contribution in [0.15, 0.2) is 0 Å². The topological polar surface area (TPSA) is 53.7 Å². The van der Waals surface area contributed by atoms with Crippen LogP contribution in [0.2, 0.25) is 0 Å². The highest BCUT2D eigenvalue weighted by Crippen LogP contribution is 2.17. The molecule has 0 spiro atoms. The molecular formula is C10H18N2O2. The van der Waals surface area contributed by atoms with Crippen LogP contribution in [0.1, 0.15) is 32.1 Å². The molecule has 2 amide bonds. The quantitative estimate of drug-likeness (QED) is 0.665. The van der Waals surface area contributed by atoms with Gasteiger partial charge in [-0.05, 0) is 12.8 Å². The molecule has 1 aliphatic heterocycles. The highest BCUT2D eigenvalue weighted by atomic mass is 16.6. The van der Waals surface area contributed by atoms with Crippen LogP contribution in [0, 0.1) is 0 Å². The predicted molar refractivity (Wildman–Crippen MR) is 53.1 cm³/mol. The summed E-state index contributed by atoms with van der Waals surface area (Å²) in [5.41, 5.74) is 0. The molecule has 14 heavy (non-hydrogen) atoms. The van der Waals surface area contributed by atoms with Crippen LogP contribution < -0.4 is 10.6 Å². The Kier molecular flexibility index (Phi) is 3.24. The van der Waals surface area contributed by atoms with Crippen molar-refractivity contribution < 1.29 is 9.53 Å². The van der Waals surface area contributed by atoms with Crippen LogP contribution in [0.4, 0.5) is 4.79 Å². The molecule has 1 unspecified atom stereocenters. The lowest BCUT2D eigenvalue weighted by Gasteiger charge is -2.22. The molecule has 1 saturated heterocycles. The van der Waals surface area contributed by atoms with E-state index < -0.39 is 0 Å². The number of hydrogen-bond acceptors (Lipinski definition) is 2. The number of nitrogens with one attached hydrogen (secondary N) is 2. The smallest absolute Gasteiger partial charge is 0.315 e. The highest BCUT2D eigenvalue weighted by molar-refractivity contribution is 5.74. The minimum atomic E-state index is -0.0348. The first-order chi connectivity index (χ1) is 6.84. The summed E-state index contributed by atoms with van der Waals surface area (Å²) < 4.78 is 5.01. The van der Waals surface area contributed by atoms with Gasteiger partial charge in [0.1, 0.15) is 0 Å². The van der Waals surface area contributed by atoms with Gasteiger partial charge in [-0.15, -0.1) is 0 Å². The van der Waals surface area contributed by atoms with Crippen LogP contribution >= 0.6 is 0 Å². The first-order valence-electron chi connectivity index (χ1n) is 5.50. The van der Waals surface area contributed by atoms with Gasteiger partial charge in [-0.2, -0.15) is 0 Å². The zero-order valence-electron chi connectivity index (χ0n) is 8.42.